The fourth-order valence-corrected chi connectivity index (χ4v) is 2.96. The van der Waals surface area contributed by atoms with Gasteiger partial charge < -0.3 is 10.3 Å². The van der Waals surface area contributed by atoms with E-state index >= 15 is 0 Å². The van der Waals surface area contributed by atoms with E-state index in [9.17, 15) is 9.59 Å². The van der Waals surface area contributed by atoms with E-state index in [-0.39, 0.29) is 11.8 Å². The smallest absolute Gasteiger partial charge is 0.261 e. The SMILES string of the molecule is CC(=O)NC(Cc1c[nH]c2ccccc12)C(=O)NNc1nc(C)cc(C)n1. The maximum atomic E-state index is 12.6. The van der Waals surface area contributed by atoms with Gasteiger partial charge in [0, 0.05) is 41.8 Å². The minimum atomic E-state index is -0.736. The summed E-state index contributed by atoms with van der Waals surface area (Å²) in [6.07, 6.45) is 2.21. The van der Waals surface area contributed by atoms with Crippen LogP contribution in [-0.2, 0) is 16.0 Å². The number of nitrogens with one attached hydrogen (secondary N) is 4. The Morgan fingerprint density at radius 3 is 2.56 bits per heavy atom. The molecule has 0 fully saturated rings. The van der Waals surface area contributed by atoms with Crippen LogP contribution in [-0.4, -0.2) is 32.8 Å². The zero-order valence-electron chi connectivity index (χ0n) is 15.5. The molecule has 2 aromatic heterocycles. The normalized spacial score (nSPS) is 11.8. The van der Waals surface area contributed by atoms with Gasteiger partial charge in [0.25, 0.3) is 5.91 Å². The quantitative estimate of drug-likeness (QED) is 0.497. The Bertz CT molecular complexity index is 961. The van der Waals surface area contributed by atoms with Crippen molar-refractivity contribution in [3.05, 3.63) is 53.5 Å². The molecular formula is C19H22N6O2. The molecule has 2 amide bonds. The summed E-state index contributed by atoms with van der Waals surface area (Å²) in [6.45, 7) is 5.08. The van der Waals surface area contributed by atoms with Crippen LogP contribution in [0.5, 0.6) is 0 Å². The molecule has 3 aromatic rings. The Hall–Kier alpha value is -3.42. The first-order chi connectivity index (χ1) is 12.9. The highest BCUT2D eigenvalue weighted by Crippen LogP contribution is 2.19. The number of carbonyl (C=O) groups is 2. The number of para-hydroxylation sites is 1. The molecule has 3 rings (SSSR count). The van der Waals surface area contributed by atoms with Gasteiger partial charge in [0.15, 0.2) is 0 Å². The Morgan fingerprint density at radius 2 is 1.85 bits per heavy atom. The highest BCUT2D eigenvalue weighted by atomic mass is 16.2. The number of nitrogens with zero attached hydrogens (tertiary/aromatic N) is 2. The summed E-state index contributed by atoms with van der Waals surface area (Å²) >= 11 is 0. The number of hydrogen-bond donors (Lipinski definition) is 4. The van der Waals surface area contributed by atoms with Crippen LogP contribution in [0.3, 0.4) is 0 Å². The van der Waals surface area contributed by atoms with Crippen LogP contribution in [0.15, 0.2) is 36.5 Å². The average molecular weight is 366 g/mol. The number of aromatic amines is 1. The average Bonchev–Trinajstić information content (AvgIpc) is 3.01. The third-order valence-electron chi connectivity index (χ3n) is 4.07. The molecule has 140 valence electrons. The number of amides is 2. The number of aryl methyl sites for hydroxylation is 2. The molecule has 8 nitrogen and oxygen atoms in total. The van der Waals surface area contributed by atoms with Crippen molar-refractivity contribution in [2.24, 2.45) is 0 Å². The maximum absolute atomic E-state index is 12.6. The number of fused-ring (bicyclic) bond motifs is 1. The van der Waals surface area contributed by atoms with Crippen molar-refractivity contribution in [1.29, 1.82) is 0 Å². The Labute approximate surface area is 156 Å². The first kappa shape index (κ1) is 18.4. The molecule has 0 saturated carbocycles. The number of aromatic nitrogens is 3. The number of carbonyl (C=O) groups excluding carboxylic acids is 2. The Kier molecular flexibility index (Phi) is 5.35. The Balaban J connectivity index is 1.73. The number of hydrogen-bond acceptors (Lipinski definition) is 5. The van der Waals surface area contributed by atoms with Crippen molar-refractivity contribution in [3.63, 3.8) is 0 Å². The van der Waals surface area contributed by atoms with E-state index in [1.807, 2.05) is 50.4 Å². The first-order valence-electron chi connectivity index (χ1n) is 8.62. The van der Waals surface area contributed by atoms with Crippen molar-refractivity contribution in [2.45, 2.75) is 33.2 Å². The van der Waals surface area contributed by atoms with E-state index in [2.05, 4.69) is 31.1 Å². The molecule has 0 spiro atoms. The second-order valence-corrected chi connectivity index (χ2v) is 6.41. The molecule has 0 aliphatic heterocycles. The summed E-state index contributed by atoms with van der Waals surface area (Å²) in [4.78, 5) is 35.8. The summed E-state index contributed by atoms with van der Waals surface area (Å²) in [5, 5.41) is 3.72. The van der Waals surface area contributed by atoms with Crippen molar-refractivity contribution in [2.75, 3.05) is 5.43 Å². The van der Waals surface area contributed by atoms with Crippen molar-refractivity contribution in [1.82, 2.24) is 25.7 Å². The lowest BCUT2D eigenvalue weighted by Crippen LogP contribution is -2.49. The lowest BCUT2D eigenvalue weighted by atomic mass is 10.0. The molecule has 1 atom stereocenters. The predicted molar refractivity (Wildman–Crippen MR) is 103 cm³/mol. The van der Waals surface area contributed by atoms with E-state index in [1.54, 1.807) is 0 Å². The van der Waals surface area contributed by atoms with Gasteiger partial charge in [-0.25, -0.2) is 9.97 Å². The monoisotopic (exact) mass is 366 g/mol. The highest BCUT2D eigenvalue weighted by Gasteiger charge is 2.21. The maximum Gasteiger partial charge on any atom is 0.261 e. The molecule has 1 unspecified atom stereocenters. The minimum absolute atomic E-state index is 0.280. The van der Waals surface area contributed by atoms with Crippen molar-refractivity contribution < 1.29 is 9.59 Å². The number of H-pyrrole nitrogens is 1. The van der Waals surface area contributed by atoms with E-state index in [0.29, 0.717) is 12.4 Å². The van der Waals surface area contributed by atoms with Gasteiger partial charge in [0.05, 0.1) is 0 Å². The summed E-state index contributed by atoms with van der Waals surface area (Å²) in [5.74, 6) is -0.356. The Morgan fingerprint density at radius 1 is 1.15 bits per heavy atom. The number of anilines is 1. The molecule has 0 radical (unpaired) electrons. The summed E-state index contributed by atoms with van der Waals surface area (Å²) < 4.78 is 0. The van der Waals surface area contributed by atoms with E-state index in [1.165, 1.54) is 6.92 Å². The third kappa shape index (κ3) is 4.60. The molecule has 1 aromatic carbocycles. The zero-order valence-corrected chi connectivity index (χ0v) is 15.5. The molecule has 0 bridgehead atoms. The predicted octanol–water partition coefficient (Wildman–Crippen LogP) is 1.77. The van der Waals surface area contributed by atoms with Crippen LogP contribution < -0.4 is 16.2 Å². The van der Waals surface area contributed by atoms with Gasteiger partial charge in [-0.15, -0.1) is 0 Å². The van der Waals surface area contributed by atoms with E-state index in [4.69, 9.17) is 0 Å². The van der Waals surface area contributed by atoms with Gasteiger partial charge in [-0.3, -0.25) is 20.4 Å². The van der Waals surface area contributed by atoms with E-state index in [0.717, 1.165) is 27.9 Å². The largest absolute Gasteiger partial charge is 0.361 e. The van der Waals surface area contributed by atoms with Gasteiger partial charge in [0.1, 0.15) is 6.04 Å². The summed E-state index contributed by atoms with van der Waals surface area (Å²) in [6, 6.07) is 8.92. The lowest BCUT2D eigenvalue weighted by molar-refractivity contribution is -0.127. The fraction of sp³-hybridized carbons (Fsp3) is 0.263. The number of rotatable bonds is 6. The van der Waals surface area contributed by atoms with Gasteiger partial charge >= 0.3 is 0 Å². The van der Waals surface area contributed by atoms with Gasteiger partial charge in [-0.1, -0.05) is 18.2 Å². The molecule has 4 N–H and O–H groups in total. The number of hydrazine groups is 1. The number of benzene rings is 1. The molecule has 8 heteroatoms. The van der Waals surface area contributed by atoms with Gasteiger partial charge in [0.2, 0.25) is 11.9 Å². The first-order valence-corrected chi connectivity index (χ1v) is 8.62. The topological polar surface area (TPSA) is 112 Å². The summed E-state index contributed by atoms with van der Waals surface area (Å²) in [5.41, 5.74) is 8.80. The van der Waals surface area contributed by atoms with Crippen LogP contribution in [0.25, 0.3) is 10.9 Å². The molecular weight excluding hydrogens is 344 g/mol. The third-order valence-corrected chi connectivity index (χ3v) is 4.07. The van der Waals surface area contributed by atoms with Crippen LogP contribution >= 0.6 is 0 Å². The molecule has 0 saturated heterocycles. The molecule has 0 aliphatic rings. The molecule has 2 heterocycles. The van der Waals surface area contributed by atoms with Crippen molar-refractivity contribution in [3.8, 4) is 0 Å². The van der Waals surface area contributed by atoms with Crippen LogP contribution in [0.4, 0.5) is 5.95 Å². The standard InChI is InChI=1S/C19H22N6O2/c1-11-8-12(2)22-19(21-11)25-24-18(27)17(23-13(3)26)9-14-10-20-16-7-5-4-6-15(14)16/h4-8,10,17,20H,9H2,1-3H3,(H,23,26)(H,24,27)(H,21,22,25). The second-order valence-electron chi connectivity index (χ2n) is 6.41. The minimum Gasteiger partial charge on any atom is -0.361 e. The van der Waals surface area contributed by atoms with E-state index < -0.39 is 6.04 Å². The van der Waals surface area contributed by atoms with Gasteiger partial charge in [-0.2, -0.15) is 0 Å². The van der Waals surface area contributed by atoms with Crippen LogP contribution in [0, 0.1) is 13.8 Å². The van der Waals surface area contributed by atoms with Gasteiger partial charge in [-0.05, 0) is 31.5 Å². The zero-order chi connectivity index (χ0) is 19.4. The molecule has 27 heavy (non-hydrogen) atoms. The van der Waals surface area contributed by atoms with Crippen LogP contribution in [0.1, 0.15) is 23.9 Å². The highest BCUT2D eigenvalue weighted by molar-refractivity contribution is 5.89. The fourth-order valence-electron chi connectivity index (χ4n) is 2.96. The van der Waals surface area contributed by atoms with Crippen LogP contribution in [0.2, 0.25) is 0 Å². The second kappa shape index (κ2) is 7.86. The molecule has 0 aliphatic carbocycles. The lowest BCUT2D eigenvalue weighted by Gasteiger charge is -2.18. The summed E-state index contributed by atoms with van der Waals surface area (Å²) in [7, 11) is 0. The van der Waals surface area contributed by atoms with Crippen molar-refractivity contribution >= 4 is 28.7 Å².